The monoisotopic (exact) mass is 671 g/mol. The number of ether oxygens (including phenoxy) is 1. The van der Waals surface area contributed by atoms with Crippen LogP contribution in [0.15, 0.2) is 60.9 Å². The van der Waals surface area contributed by atoms with Gasteiger partial charge in [-0.1, -0.05) is 6.42 Å². The number of nitrogens with zero attached hydrogens (tertiary/aromatic N) is 2. The first-order valence-corrected chi connectivity index (χ1v) is 15.8. The molecule has 1 aliphatic heterocycles. The minimum absolute atomic E-state index is 0.0117. The molecule has 216 valence electrons. The van der Waals surface area contributed by atoms with Crippen molar-refractivity contribution in [3.8, 4) is 5.88 Å². The summed E-state index contributed by atoms with van der Waals surface area (Å²) in [6.07, 6.45) is 7.35. The first kappa shape index (κ1) is 28.6. The molecule has 11 nitrogen and oxygen atoms in total. The molecule has 1 aliphatic carbocycles. The van der Waals surface area contributed by atoms with Crippen LogP contribution in [0.5, 0.6) is 5.88 Å². The van der Waals surface area contributed by atoms with Crippen molar-refractivity contribution in [3.63, 3.8) is 0 Å². The predicted octanol–water partition coefficient (Wildman–Crippen LogP) is -0.0887. The average Bonchev–Trinajstić information content (AvgIpc) is 2.96. The second-order valence-corrected chi connectivity index (χ2v) is 12.4. The second-order valence-electron chi connectivity index (χ2n) is 9.67. The number of hydrogen-bond donors (Lipinski definition) is 4. The van der Waals surface area contributed by atoms with Crippen LogP contribution < -0.4 is 47.6 Å². The second kappa shape index (κ2) is 13.6. The van der Waals surface area contributed by atoms with Gasteiger partial charge >= 0.3 is 178 Å². The van der Waals surface area contributed by atoms with Gasteiger partial charge in [-0.2, -0.15) is 0 Å². The van der Waals surface area contributed by atoms with Crippen molar-refractivity contribution in [1.29, 1.82) is 0 Å². The molecule has 3 aromatic rings. The van der Waals surface area contributed by atoms with Crippen LogP contribution in [0.25, 0.3) is 10.8 Å². The normalized spacial score (nSPS) is 14.8. The van der Waals surface area contributed by atoms with Gasteiger partial charge in [-0.05, 0) is 18.8 Å². The van der Waals surface area contributed by atoms with Crippen LogP contribution in [-0.4, -0.2) is 50.6 Å². The fourth-order valence-electron chi connectivity index (χ4n) is 4.57. The molecule has 3 amide bonds. The van der Waals surface area contributed by atoms with E-state index in [0.717, 1.165) is 46.7 Å². The summed E-state index contributed by atoms with van der Waals surface area (Å²) < 4.78 is 8.76. The molecule has 4 N–H and O–H groups in total. The summed E-state index contributed by atoms with van der Waals surface area (Å²) >= 11 is -0.143. The molecule has 0 bridgehead atoms. The van der Waals surface area contributed by atoms with Gasteiger partial charge in [-0.15, -0.1) is 0 Å². The Morgan fingerprint density at radius 2 is 1.90 bits per heavy atom. The van der Waals surface area contributed by atoms with Crippen LogP contribution in [0, 0.1) is 5.92 Å². The topological polar surface area (TPSA) is 134 Å². The Bertz CT molecular complexity index is 1460. The number of benzene rings is 2. The van der Waals surface area contributed by atoms with Crippen LogP contribution in [0.2, 0.25) is 0 Å². The molecule has 1 aromatic heterocycles. The summed E-state index contributed by atoms with van der Waals surface area (Å²) in [6.45, 7) is 0.957. The summed E-state index contributed by atoms with van der Waals surface area (Å²) in [5.74, 6) is -0.773. The van der Waals surface area contributed by atoms with Gasteiger partial charge in [0.15, 0.2) is 6.61 Å². The van der Waals surface area contributed by atoms with Gasteiger partial charge in [-0.3, -0.25) is 9.63 Å². The van der Waals surface area contributed by atoms with E-state index >= 15 is 0 Å². The number of carbonyl (C=O) groups is 3. The third-order valence-electron chi connectivity index (χ3n) is 6.90. The number of halogens is 1. The number of amides is 3. The molecule has 0 radical (unpaired) electrons. The summed E-state index contributed by atoms with van der Waals surface area (Å²) in [7, 11) is 1.32. The number of alkyl halides is 1. The van der Waals surface area contributed by atoms with Crippen molar-refractivity contribution < 1.29 is 45.4 Å². The number of fused-ring (bicyclic) bond motifs is 1. The fourth-order valence-corrected chi connectivity index (χ4v) is 6.46. The van der Waals surface area contributed by atoms with Gasteiger partial charge in [0.25, 0.3) is 5.91 Å². The zero-order chi connectivity index (χ0) is 28.6. The Morgan fingerprint density at radius 1 is 1.07 bits per heavy atom. The molecule has 5 rings (SSSR count). The van der Waals surface area contributed by atoms with E-state index in [1.165, 1.54) is 13.2 Å². The average molecular weight is 672 g/mol. The zero-order valence-electron chi connectivity index (χ0n) is 22.6. The molecular weight excluding hydrogens is 639 g/mol. The van der Waals surface area contributed by atoms with Gasteiger partial charge < -0.3 is 4.74 Å². The molecule has 41 heavy (non-hydrogen) atoms. The van der Waals surface area contributed by atoms with Crippen molar-refractivity contribution in [2.75, 3.05) is 30.1 Å². The maximum absolute atomic E-state index is 13.6. The third-order valence-corrected chi connectivity index (χ3v) is 9.22. The predicted molar refractivity (Wildman–Crippen MR) is 149 cm³/mol. The van der Waals surface area contributed by atoms with Gasteiger partial charge in [0.1, 0.15) is 0 Å². The van der Waals surface area contributed by atoms with Crippen molar-refractivity contribution in [3.05, 3.63) is 77.8 Å². The van der Waals surface area contributed by atoms with Crippen molar-refractivity contribution in [2.45, 2.75) is 25.8 Å². The first-order chi connectivity index (χ1) is 20.0. The third kappa shape index (κ3) is 7.24. The SMILES string of the molecule is CONC(=O)COc1ccc(NC(=O)c2ccc(CN3C=CNC[I-]3)c3ccccc23)c(C(=O)NCC2CCC2)n1. The maximum atomic E-state index is 13.6. The van der Waals surface area contributed by atoms with E-state index in [1.807, 2.05) is 42.6 Å². The first-order valence-electron chi connectivity index (χ1n) is 13.3. The zero-order valence-corrected chi connectivity index (χ0v) is 24.8. The molecular formula is C29H32IN6O5-. The Kier molecular flexibility index (Phi) is 9.51. The van der Waals surface area contributed by atoms with Crippen molar-refractivity contribution in [1.82, 2.24) is 24.2 Å². The Morgan fingerprint density at radius 3 is 2.63 bits per heavy atom. The van der Waals surface area contributed by atoms with E-state index in [-0.39, 0.29) is 51.3 Å². The van der Waals surface area contributed by atoms with Gasteiger partial charge in [0.2, 0.25) is 0 Å². The molecule has 0 atom stereocenters. The molecule has 2 aliphatic rings. The number of aromatic nitrogens is 1. The van der Waals surface area contributed by atoms with Crippen LogP contribution in [0.4, 0.5) is 5.69 Å². The van der Waals surface area contributed by atoms with Gasteiger partial charge in [-0.25, -0.2) is 5.48 Å². The Balaban J connectivity index is 1.38. The number of rotatable bonds is 11. The number of carbonyl (C=O) groups excluding carboxylic acids is 3. The number of anilines is 1. The van der Waals surface area contributed by atoms with E-state index in [4.69, 9.17) is 4.74 Å². The van der Waals surface area contributed by atoms with Gasteiger partial charge in [0, 0.05) is 6.54 Å². The molecule has 2 heterocycles. The molecule has 1 fully saturated rings. The van der Waals surface area contributed by atoms with Crippen LogP contribution in [0.1, 0.15) is 45.7 Å². The van der Waals surface area contributed by atoms with Crippen LogP contribution in [0.3, 0.4) is 0 Å². The minimum atomic E-state index is -0.507. The van der Waals surface area contributed by atoms with Crippen LogP contribution >= 0.6 is 0 Å². The van der Waals surface area contributed by atoms with Crippen molar-refractivity contribution in [2.24, 2.45) is 5.92 Å². The molecule has 12 heteroatoms. The summed E-state index contributed by atoms with van der Waals surface area (Å²) in [5.41, 5.74) is 4.05. The summed E-state index contributed by atoms with van der Waals surface area (Å²) in [5, 5.41) is 10.9. The van der Waals surface area contributed by atoms with E-state index < -0.39 is 11.8 Å². The summed E-state index contributed by atoms with van der Waals surface area (Å²) in [4.78, 5) is 47.4. The van der Waals surface area contributed by atoms with Gasteiger partial charge in [0.05, 0.1) is 7.11 Å². The Labute approximate surface area is 248 Å². The molecule has 0 saturated heterocycles. The summed E-state index contributed by atoms with van der Waals surface area (Å²) in [6, 6.07) is 14.7. The molecule has 0 spiro atoms. The van der Waals surface area contributed by atoms with E-state index in [0.29, 0.717) is 18.0 Å². The quantitative estimate of drug-likeness (QED) is 0.0732. The van der Waals surface area contributed by atoms with E-state index in [2.05, 4.69) is 40.6 Å². The Hall–Kier alpha value is -3.91. The molecule has 1 saturated carbocycles. The number of pyridine rings is 1. The van der Waals surface area contributed by atoms with Crippen molar-refractivity contribution >= 4 is 34.2 Å². The van der Waals surface area contributed by atoms with E-state index in [1.54, 1.807) is 6.07 Å². The molecule has 2 aromatic carbocycles. The fraction of sp³-hybridized carbons (Fsp3) is 0.310. The molecule has 0 unspecified atom stereocenters. The standard InChI is InChI=1S/C29H32IN6O5/c1-40-35-25(37)17-41-26-12-11-24(27(34-26)29(39)32-15-19-5-4-6-19)33-28(38)23-10-9-20(16-36-14-13-31-18-30-36)21-7-2-3-8-22(21)23/h2-3,7-14,19,31H,4-6,15-18H2,1H3,(H,32,39)(H,33,38)(H,35,37)/q-1. The van der Waals surface area contributed by atoms with E-state index in [9.17, 15) is 14.4 Å². The number of hydrogen-bond acceptors (Lipinski definition) is 8. The van der Waals surface area contributed by atoms with Crippen LogP contribution in [-0.2, 0) is 16.2 Å². The number of hydroxylamine groups is 1. The number of nitrogens with one attached hydrogen (secondary N) is 4.